The minimum Gasteiger partial charge on any atom is -0.357 e. The maximum atomic E-state index is 10.9. The lowest BCUT2D eigenvalue weighted by molar-refractivity contribution is 0.586. The Morgan fingerprint density at radius 3 is 2.74 bits per heavy atom. The van der Waals surface area contributed by atoms with Crippen LogP contribution in [0.2, 0.25) is 0 Å². The van der Waals surface area contributed by atoms with Gasteiger partial charge in [-0.05, 0) is 29.3 Å². The van der Waals surface area contributed by atoms with Crippen LogP contribution in [-0.2, 0) is 16.6 Å². The van der Waals surface area contributed by atoms with E-state index in [-0.39, 0.29) is 0 Å². The first-order valence-corrected chi connectivity index (χ1v) is 8.82. The lowest BCUT2D eigenvalue weighted by Gasteiger charge is -2.11. The van der Waals surface area contributed by atoms with Gasteiger partial charge in [-0.1, -0.05) is 0 Å². The Hall–Kier alpha value is -1.12. The predicted octanol–water partition coefficient (Wildman–Crippen LogP) is 0.352. The highest BCUT2D eigenvalue weighted by molar-refractivity contribution is 7.88. The van der Waals surface area contributed by atoms with E-state index < -0.39 is 10.0 Å². The van der Waals surface area contributed by atoms with Crippen molar-refractivity contribution in [3.05, 3.63) is 22.4 Å². The van der Waals surface area contributed by atoms with Crippen molar-refractivity contribution in [2.45, 2.75) is 13.5 Å². The summed E-state index contributed by atoms with van der Waals surface area (Å²) in [5, 5.41) is 10.2. The molecule has 1 rings (SSSR count). The van der Waals surface area contributed by atoms with Crippen molar-refractivity contribution >= 4 is 27.3 Å². The number of hydrogen-bond donors (Lipinski definition) is 3. The van der Waals surface area contributed by atoms with E-state index in [2.05, 4.69) is 25.7 Å². The molecule has 0 atom stereocenters. The normalized spacial score (nSPS) is 12.4. The van der Waals surface area contributed by atoms with Gasteiger partial charge < -0.3 is 10.6 Å². The second-order valence-corrected chi connectivity index (χ2v) is 6.53. The molecule has 0 aliphatic rings. The molecule has 108 valence electrons. The minimum absolute atomic E-state index is 0.335. The molecule has 8 heteroatoms. The molecule has 0 amide bonds. The molecule has 6 nitrogen and oxygen atoms in total. The summed E-state index contributed by atoms with van der Waals surface area (Å²) in [5.74, 6) is 0.684. The Morgan fingerprint density at radius 2 is 2.16 bits per heavy atom. The number of nitrogens with one attached hydrogen (secondary N) is 3. The fourth-order valence-electron chi connectivity index (χ4n) is 1.31. The van der Waals surface area contributed by atoms with Gasteiger partial charge in [-0.15, -0.1) is 0 Å². The fourth-order valence-corrected chi connectivity index (χ4v) is 2.44. The van der Waals surface area contributed by atoms with Gasteiger partial charge in [-0.25, -0.2) is 18.1 Å². The first-order chi connectivity index (χ1) is 9.01. The Labute approximate surface area is 118 Å². The molecule has 0 saturated carbocycles. The molecule has 1 heterocycles. The van der Waals surface area contributed by atoms with Crippen molar-refractivity contribution in [1.29, 1.82) is 0 Å². The first-order valence-electron chi connectivity index (χ1n) is 5.99. The van der Waals surface area contributed by atoms with Crippen molar-refractivity contribution in [2.75, 3.05) is 25.9 Å². The standard InChI is InChI=1S/C11H20N4O2S2/c1-3-12-11(13-5-6-15-19(2,16)17)14-8-10-4-7-18-9-10/h4,7,9,15H,3,5-6,8H2,1-2H3,(H2,12,13,14). The van der Waals surface area contributed by atoms with Crippen LogP contribution < -0.4 is 15.4 Å². The Kier molecular flexibility index (Phi) is 6.82. The Bertz CT molecular complexity index is 483. The highest BCUT2D eigenvalue weighted by Crippen LogP contribution is 2.06. The second kappa shape index (κ2) is 8.13. The van der Waals surface area contributed by atoms with Gasteiger partial charge in [0, 0.05) is 19.6 Å². The number of nitrogens with zero attached hydrogens (tertiary/aromatic N) is 1. The van der Waals surface area contributed by atoms with Crippen LogP contribution in [0.25, 0.3) is 0 Å². The average molecular weight is 304 g/mol. The van der Waals surface area contributed by atoms with Crippen LogP contribution in [0.1, 0.15) is 12.5 Å². The van der Waals surface area contributed by atoms with E-state index >= 15 is 0 Å². The summed E-state index contributed by atoms with van der Waals surface area (Å²) >= 11 is 1.64. The van der Waals surface area contributed by atoms with E-state index in [4.69, 9.17) is 0 Å². The number of thiophene rings is 1. The van der Waals surface area contributed by atoms with E-state index in [1.54, 1.807) is 11.3 Å². The zero-order chi connectivity index (χ0) is 14.1. The van der Waals surface area contributed by atoms with Crippen LogP contribution in [0, 0.1) is 0 Å². The predicted molar refractivity (Wildman–Crippen MR) is 80.0 cm³/mol. The quantitative estimate of drug-likeness (QED) is 0.386. The van der Waals surface area contributed by atoms with Crippen LogP contribution in [0.4, 0.5) is 0 Å². The van der Waals surface area contributed by atoms with Gasteiger partial charge in [0.1, 0.15) is 0 Å². The summed E-state index contributed by atoms with van der Waals surface area (Å²) in [6, 6.07) is 2.03. The summed E-state index contributed by atoms with van der Waals surface area (Å²) in [4.78, 5) is 4.41. The number of guanidine groups is 1. The number of aliphatic imine (C=N–C) groups is 1. The van der Waals surface area contributed by atoms with Gasteiger partial charge in [-0.2, -0.15) is 11.3 Å². The third kappa shape index (κ3) is 7.81. The second-order valence-electron chi connectivity index (χ2n) is 3.92. The lowest BCUT2D eigenvalue weighted by atomic mass is 10.3. The Morgan fingerprint density at radius 1 is 1.37 bits per heavy atom. The zero-order valence-electron chi connectivity index (χ0n) is 11.1. The highest BCUT2D eigenvalue weighted by Gasteiger charge is 2.00. The van der Waals surface area contributed by atoms with Crippen LogP contribution in [0.3, 0.4) is 0 Å². The van der Waals surface area contributed by atoms with Gasteiger partial charge in [-0.3, -0.25) is 0 Å². The summed E-state index contributed by atoms with van der Waals surface area (Å²) < 4.78 is 24.2. The number of sulfonamides is 1. The van der Waals surface area contributed by atoms with Crippen LogP contribution in [0.15, 0.2) is 21.8 Å². The molecule has 0 aliphatic carbocycles. The van der Waals surface area contributed by atoms with Crippen molar-refractivity contribution in [3.63, 3.8) is 0 Å². The van der Waals surface area contributed by atoms with Crippen molar-refractivity contribution in [3.8, 4) is 0 Å². The van der Waals surface area contributed by atoms with Gasteiger partial charge in [0.05, 0.1) is 12.8 Å². The molecule has 3 N–H and O–H groups in total. The molecule has 0 aromatic carbocycles. The monoisotopic (exact) mass is 304 g/mol. The summed E-state index contributed by atoms with van der Waals surface area (Å²) in [7, 11) is -3.13. The van der Waals surface area contributed by atoms with Gasteiger partial charge >= 0.3 is 0 Å². The average Bonchev–Trinajstić information content (AvgIpc) is 2.83. The highest BCUT2D eigenvalue weighted by atomic mass is 32.2. The molecule has 0 radical (unpaired) electrons. The number of rotatable bonds is 7. The SMILES string of the molecule is CCNC(=NCc1ccsc1)NCCNS(C)(=O)=O. The fraction of sp³-hybridized carbons (Fsp3) is 0.545. The molecule has 19 heavy (non-hydrogen) atoms. The van der Waals surface area contributed by atoms with E-state index in [1.165, 1.54) is 0 Å². The molecular weight excluding hydrogens is 284 g/mol. The maximum Gasteiger partial charge on any atom is 0.208 e. The molecule has 0 spiro atoms. The molecule has 0 fully saturated rings. The van der Waals surface area contributed by atoms with E-state index in [1.807, 2.05) is 18.4 Å². The number of hydrogen-bond acceptors (Lipinski definition) is 4. The van der Waals surface area contributed by atoms with Crippen LogP contribution >= 0.6 is 11.3 Å². The van der Waals surface area contributed by atoms with E-state index in [0.717, 1.165) is 18.4 Å². The topological polar surface area (TPSA) is 82.6 Å². The van der Waals surface area contributed by atoms with Gasteiger partial charge in [0.15, 0.2) is 5.96 Å². The van der Waals surface area contributed by atoms with Gasteiger partial charge in [0.25, 0.3) is 0 Å². The zero-order valence-corrected chi connectivity index (χ0v) is 12.8. The van der Waals surface area contributed by atoms with Crippen molar-refractivity contribution in [2.24, 2.45) is 4.99 Å². The molecule has 0 aliphatic heterocycles. The molecule has 0 bridgehead atoms. The molecular formula is C11H20N4O2S2. The van der Waals surface area contributed by atoms with Crippen LogP contribution in [-0.4, -0.2) is 40.3 Å². The molecule has 1 aromatic rings. The van der Waals surface area contributed by atoms with Crippen LogP contribution in [0.5, 0.6) is 0 Å². The van der Waals surface area contributed by atoms with Crippen molar-refractivity contribution in [1.82, 2.24) is 15.4 Å². The largest absolute Gasteiger partial charge is 0.357 e. The molecule has 0 saturated heterocycles. The van der Waals surface area contributed by atoms with Gasteiger partial charge in [0.2, 0.25) is 10.0 Å². The smallest absolute Gasteiger partial charge is 0.208 e. The van der Waals surface area contributed by atoms with E-state index in [9.17, 15) is 8.42 Å². The Balaban J connectivity index is 2.37. The third-order valence-corrected chi connectivity index (χ3v) is 3.59. The minimum atomic E-state index is -3.13. The summed E-state index contributed by atoms with van der Waals surface area (Å²) in [6.07, 6.45) is 1.14. The van der Waals surface area contributed by atoms with Crippen molar-refractivity contribution < 1.29 is 8.42 Å². The van der Waals surface area contributed by atoms with E-state index in [0.29, 0.717) is 25.6 Å². The third-order valence-electron chi connectivity index (χ3n) is 2.13. The first kappa shape index (κ1) is 15.9. The maximum absolute atomic E-state index is 10.9. The summed E-state index contributed by atoms with van der Waals surface area (Å²) in [5.41, 5.74) is 1.16. The summed E-state index contributed by atoms with van der Waals surface area (Å²) in [6.45, 7) is 4.17. The lowest BCUT2D eigenvalue weighted by Crippen LogP contribution is -2.41. The molecule has 0 unspecified atom stereocenters. The molecule has 1 aromatic heterocycles.